The van der Waals surface area contributed by atoms with E-state index in [9.17, 15) is 9.18 Å². The fourth-order valence-corrected chi connectivity index (χ4v) is 3.27. The van der Waals surface area contributed by atoms with Crippen molar-refractivity contribution >= 4 is 28.5 Å². The summed E-state index contributed by atoms with van der Waals surface area (Å²) in [7, 11) is 0. The van der Waals surface area contributed by atoms with Crippen LogP contribution in [0.25, 0.3) is 0 Å². The van der Waals surface area contributed by atoms with Gasteiger partial charge in [-0.05, 0) is 48.2 Å². The summed E-state index contributed by atoms with van der Waals surface area (Å²) in [6.07, 6.45) is 3.36. The Morgan fingerprint density at radius 3 is 2.93 bits per heavy atom. The minimum atomic E-state index is -0.582. The Bertz CT molecular complexity index is 886. The molecule has 1 atom stereocenters. The Morgan fingerprint density at radius 1 is 1.37 bits per heavy atom. The summed E-state index contributed by atoms with van der Waals surface area (Å²) in [5, 5.41) is 5.22. The number of nitrogens with one attached hydrogen (secondary N) is 1. The van der Waals surface area contributed by atoms with E-state index in [4.69, 9.17) is 10.5 Å². The number of amides is 1. The van der Waals surface area contributed by atoms with Gasteiger partial charge in [-0.2, -0.15) is 0 Å². The third kappa shape index (κ3) is 4.65. The molecule has 1 amide bonds. The molecule has 1 aromatic carbocycles. The van der Waals surface area contributed by atoms with Gasteiger partial charge in [0.05, 0.1) is 6.20 Å². The third-order valence-corrected chi connectivity index (χ3v) is 4.55. The van der Waals surface area contributed by atoms with Crippen molar-refractivity contribution in [2.45, 2.75) is 12.5 Å². The summed E-state index contributed by atoms with van der Waals surface area (Å²) >= 11 is 1.37. The summed E-state index contributed by atoms with van der Waals surface area (Å²) in [4.78, 5) is 21.0. The number of anilines is 1. The van der Waals surface area contributed by atoms with Crippen molar-refractivity contribution in [1.29, 1.82) is 0 Å². The number of thioether (sulfide) groups is 1. The number of carbonyl (C=O) groups excluding carboxylic acids is 1. The Kier molecular flexibility index (Phi) is 5.75. The fourth-order valence-electron chi connectivity index (χ4n) is 2.55. The smallest absolute Gasteiger partial charge is 0.274 e. The summed E-state index contributed by atoms with van der Waals surface area (Å²) in [6.45, 7) is 1.33. The van der Waals surface area contributed by atoms with Crippen LogP contribution < -0.4 is 15.8 Å². The van der Waals surface area contributed by atoms with Crippen LogP contribution in [0.3, 0.4) is 0 Å². The van der Waals surface area contributed by atoms with E-state index in [1.807, 2.05) is 36.6 Å². The molecule has 0 fully saturated rings. The second-order valence-electron chi connectivity index (χ2n) is 5.97. The van der Waals surface area contributed by atoms with E-state index in [2.05, 4.69) is 15.3 Å². The number of amidine groups is 1. The highest BCUT2D eigenvalue weighted by Gasteiger charge is 2.25. The topological polar surface area (TPSA) is 89.6 Å². The number of nitrogens with two attached hydrogens (primary N) is 1. The lowest BCUT2D eigenvalue weighted by Crippen LogP contribution is -2.23. The van der Waals surface area contributed by atoms with Crippen molar-refractivity contribution in [3.63, 3.8) is 0 Å². The standard InChI is InChI=1S/C19H19FN4O2S/c1-19(7-10-27-18(21)24-19)13-3-2-4-14(11-13)23-17(25)16-6-5-15(12-22-16)26-9-8-20/h2-7,10-12H,8-9H2,1H3,(H2,21,24)(H,23,25)/t19-/m0/s1. The molecule has 2 aromatic rings. The highest BCUT2D eigenvalue weighted by molar-refractivity contribution is 8.16. The lowest BCUT2D eigenvalue weighted by molar-refractivity contribution is 0.102. The van der Waals surface area contributed by atoms with Crippen molar-refractivity contribution in [2.24, 2.45) is 10.7 Å². The summed E-state index contributed by atoms with van der Waals surface area (Å²) < 4.78 is 17.2. The van der Waals surface area contributed by atoms with Crippen molar-refractivity contribution < 1.29 is 13.9 Å². The van der Waals surface area contributed by atoms with E-state index in [1.165, 1.54) is 24.0 Å². The van der Waals surface area contributed by atoms with Gasteiger partial charge in [0.25, 0.3) is 5.91 Å². The molecule has 27 heavy (non-hydrogen) atoms. The number of aliphatic imine (C=N–C) groups is 1. The molecule has 1 aliphatic heterocycles. The van der Waals surface area contributed by atoms with Crippen LogP contribution in [-0.4, -0.2) is 29.3 Å². The van der Waals surface area contributed by atoms with Crippen molar-refractivity contribution in [3.05, 3.63) is 65.3 Å². The van der Waals surface area contributed by atoms with Crippen molar-refractivity contribution in [2.75, 3.05) is 18.6 Å². The first-order valence-corrected chi connectivity index (χ1v) is 9.14. The number of carbonyl (C=O) groups is 1. The number of hydrogen-bond acceptors (Lipinski definition) is 6. The second kappa shape index (κ2) is 8.22. The number of ether oxygens (including phenoxy) is 1. The lowest BCUT2D eigenvalue weighted by Gasteiger charge is -2.25. The predicted octanol–water partition coefficient (Wildman–Crippen LogP) is 3.47. The molecule has 1 aliphatic rings. The largest absolute Gasteiger partial charge is 0.489 e. The molecule has 0 spiro atoms. The highest BCUT2D eigenvalue weighted by atomic mass is 32.2. The van der Waals surface area contributed by atoms with Crippen molar-refractivity contribution in [1.82, 2.24) is 4.98 Å². The lowest BCUT2D eigenvalue weighted by atomic mass is 9.92. The molecule has 3 rings (SSSR count). The molecule has 140 valence electrons. The van der Waals surface area contributed by atoms with E-state index < -0.39 is 12.2 Å². The zero-order chi connectivity index (χ0) is 19.3. The van der Waals surface area contributed by atoms with Crippen LogP contribution in [0, 0.1) is 0 Å². The first-order chi connectivity index (χ1) is 13.0. The molecule has 8 heteroatoms. The van der Waals surface area contributed by atoms with Gasteiger partial charge in [-0.15, -0.1) is 0 Å². The first kappa shape index (κ1) is 18.9. The normalized spacial score (nSPS) is 18.7. The Balaban J connectivity index is 1.73. The maximum Gasteiger partial charge on any atom is 0.274 e. The van der Waals surface area contributed by atoms with Gasteiger partial charge in [0.15, 0.2) is 5.17 Å². The number of alkyl halides is 1. The highest BCUT2D eigenvalue weighted by Crippen LogP contribution is 2.33. The maximum atomic E-state index is 12.4. The van der Waals surface area contributed by atoms with Gasteiger partial charge in [0.2, 0.25) is 0 Å². The van der Waals surface area contributed by atoms with Crippen LogP contribution in [0.15, 0.2) is 59.1 Å². The van der Waals surface area contributed by atoms with Gasteiger partial charge in [0, 0.05) is 5.69 Å². The van der Waals surface area contributed by atoms with Gasteiger partial charge < -0.3 is 15.8 Å². The molecule has 0 saturated heterocycles. The Hall–Kier alpha value is -2.87. The SMILES string of the molecule is C[C@@]1(c2cccc(NC(=O)c3ccc(OCCF)cn3)c2)C=CSC(N)=N1. The van der Waals surface area contributed by atoms with Crippen LogP contribution in [0.1, 0.15) is 23.0 Å². The number of halogens is 1. The van der Waals surface area contributed by atoms with E-state index in [1.54, 1.807) is 12.1 Å². The molecular formula is C19H19FN4O2S. The molecule has 1 aromatic heterocycles. The minimum Gasteiger partial charge on any atom is -0.489 e. The van der Waals surface area contributed by atoms with E-state index in [-0.39, 0.29) is 18.2 Å². The number of aromatic nitrogens is 1. The average molecular weight is 386 g/mol. The number of pyridine rings is 1. The minimum absolute atomic E-state index is 0.0429. The summed E-state index contributed by atoms with van der Waals surface area (Å²) in [5.74, 6) is 0.0589. The Labute approximate surface area is 160 Å². The van der Waals surface area contributed by atoms with E-state index in [0.29, 0.717) is 16.6 Å². The van der Waals surface area contributed by atoms with Gasteiger partial charge in [0.1, 0.15) is 30.3 Å². The van der Waals surface area contributed by atoms with Crippen LogP contribution >= 0.6 is 11.8 Å². The monoisotopic (exact) mass is 386 g/mol. The molecule has 0 unspecified atom stereocenters. The predicted molar refractivity (Wildman–Crippen MR) is 106 cm³/mol. The third-order valence-electron chi connectivity index (χ3n) is 3.94. The summed E-state index contributed by atoms with van der Waals surface area (Å²) in [5.41, 5.74) is 7.02. The van der Waals surface area contributed by atoms with Gasteiger partial charge in [-0.1, -0.05) is 23.9 Å². The van der Waals surface area contributed by atoms with Crippen LogP contribution in [0.2, 0.25) is 0 Å². The Morgan fingerprint density at radius 2 is 2.22 bits per heavy atom. The maximum absolute atomic E-state index is 12.4. The van der Waals surface area contributed by atoms with Crippen LogP contribution in [0.4, 0.5) is 10.1 Å². The molecule has 0 radical (unpaired) electrons. The fraction of sp³-hybridized carbons (Fsp3) is 0.211. The number of hydrogen-bond donors (Lipinski definition) is 2. The van der Waals surface area contributed by atoms with Gasteiger partial charge in [-0.3, -0.25) is 4.79 Å². The molecular weight excluding hydrogens is 367 g/mol. The zero-order valence-electron chi connectivity index (χ0n) is 14.7. The zero-order valence-corrected chi connectivity index (χ0v) is 15.5. The van der Waals surface area contributed by atoms with Crippen molar-refractivity contribution in [3.8, 4) is 5.75 Å². The first-order valence-electron chi connectivity index (χ1n) is 8.26. The molecule has 0 saturated carbocycles. The number of rotatable bonds is 6. The quantitative estimate of drug-likeness (QED) is 0.793. The van der Waals surface area contributed by atoms with Crippen LogP contribution in [-0.2, 0) is 5.54 Å². The van der Waals surface area contributed by atoms with Gasteiger partial charge >= 0.3 is 0 Å². The number of benzene rings is 1. The van der Waals surface area contributed by atoms with Crippen LogP contribution in [0.5, 0.6) is 5.75 Å². The number of nitrogens with zero attached hydrogens (tertiary/aromatic N) is 2. The summed E-state index contributed by atoms with van der Waals surface area (Å²) in [6, 6.07) is 10.5. The molecule has 2 heterocycles. The van der Waals surface area contributed by atoms with Gasteiger partial charge in [-0.25, -0.2) is 14.4 Å². The average Bonchev–Trinajstić information content (AvgIpc) is 2.67. The molecule has 0 aliphatic carbocycles. The molecule has 0 bridgehead atoms. The molecule has 3 N–H and O–H groups in total. The molecule has 6 nitrogen and oxygen atoms in total. The van der Waals surface area contributed by atoms with E-state index in [0.717, 1.165) is 5.56 Å². The van der Waals surface area contributed by atoms with E-state index >= 15 is 0 Å². The second-order valence-corrected chi connectivity index (χ2v) is 6.90.